The highest BCUT2D eigenvalue weighted by molar-refractivity contribution is 14.1. The fraction of sp³-hybridized carbons (Fsp3) is 0.300. The molecule has 1 spiro atoms. The van der Waals surface area contributed by atoms with Gasteiger partial charge in [-0.3, -0.25) is 0 Å². The van der Waals surface area contributed by atoms with E-state index in [9.17, 15) is 4.79 Å². The van der Waals surface area contributed by atoms with Crippen LogP contribution in [0.15, 0.2) is 59.8 Å². The predicted octanol–water partition coefficient (Wildman–Crippen LogP) is 4.48. The first-order valence-corrected chi connectivity index (χ1v) is 9.83. The number of halogens is 1. The maximum absolute atomic E-state index is 12.5. The van der Waals surface area contributed by atoms with E-state index in [2.05, 4.69) is 45.2 Å². The number of hydrogen-bond donors (Lipinski definition) is 1. The molecule has 0 aliphatic carbocycles. The summed E-state index contributed by atoms with van der Waals surface area (Å²) in [5, 5.41) is 7.29. The highest BCUT2D eigenvalue weighted by Gasteiger charge is 2.43. The van der Waals surface area contributed by atoms with Crippen LogP contribution in [0.3, 0.4) is 0 Å². The topological polar surface area (TPSA) is 53.9 Å². The number of carbonyl (C=O) groups is 1. The van der Waals surface area contributed by atoms with Gasteiger partial charge in [0.25, 0.3) is 0 Å². The summed E-state index contributed by atoms with van der Waals surface area (Å²) in [5.41, 5.74) is 2.68. The Hall–Kier alpha value is -2.09. The SMILES string of the molecule is O=C(Nc1ccc(I)cc1)N1CCC2(CC1)CC(c1ccccc1)=NO2. The van der Waals surface area contributed by atoms with Crippen LogP contribution >= 0.6 is 22.6 Å². The quantitative estimate of drug-likeness (QED) is 0.671. The molecule has 0 atom stereocenters. The number of carbonyl (C=O) groups excluding carboxylic acids is 1. The molecule has 2 aliphatic heterocycles. The van der Waals surface area contributed by atoms with Crippen molar-refractivity contribution in [2.45, 2.75) is 24.9 Å². The molecule has 2 aromatic carbocycles. The summed E-state index contributed by atoms with van der Waals surface area (Å²) in [6.45, 7) is 1.35. The molecule has 0 aromatic heterocycles. The van der Waals surface area contributed by atoms with Crippen molar-refractivity contribution in [1.82, 2.24) is 4.90 Å². The lowest BCUT2D eigenvalue weighted by Crippen LogP contribution is -2.48. The number of anilines is 1. The minimum atomic E-state index is -0.259. The largest absolute Gasteiger partial charge is 0.388 e. The van der Waals surface area contributed by atoms with Crippen molar-refractivity contribution < 1.29 is 9.63 Å². The van der Waals surface area contributed by atoms with Crippen LogP contribution in [0.4, 0.5) is 10.5 Å². The Morgan fingerprint density at radius 2 is 1.77 bits per heavy atom. The smallest absolute Gasteiger partial charge is 0.321 e. The van der Waals surface area contributed by atoms with Crippen LogP contribution in [0.5, 0.6) is 0 Å². The third kappa shape index (κ3) is 3.70. The number of urea groups is 1. The zero-order chi connectivity index (χ0) is 18.0. The van der Waals surface area contributed by atoms with Crippen LogP contribution < -0.4 is 5.32 Å². The van der Waals surface area contributed by atoms with E-state index in [-0.39, 0.29) is 11.6 Å². The maximum atomic E-state index is 12.5. The Balaban J connectivity index is 1.33. The van der Waals surface area contributed by atoms with Gasteiger partial charge in [-0.15, -0.1) is 0 Å². The second-order valence-electron chi connectivity index (χ2n) is 6.78. The second-order valence-corrected chi connectivity index (χ2v) is 8.02. The summed E-state index contributed by atoms with van der Waals surface area (Å²) < 4.78 is 1.15. The number of oxime groups is 1. The molecule has 1 N–H and O–H groups in total. The Kier molecular flexibility index (Phi) is 4.84. The van der Waals surface area contributed by atoms with Crippen molar-refractivity contribution in [3.05, 3.63) is 63.7 Å². The van der Waals surface area contributed by atoms with Gasteiger partial charge in [-0.05, 0) is 52.4 Å². The van der Waals surface area contributed by atoms with Gasteiger partial charge < -0.3 is 15.1 Å². The summed E-state index contributed by atoms with van der Waals surface area (Å²) in [6.07, 6.45) is 2.41. The van der Waals surface area contributed by atoms with Crippen LogP contribution in [-0.4, -0.2) is 35.3 Å². The number of nitrogens with one attached hydrogen (secondary N) is 1. The summed E-state index contributed by atoms with van der Waals surface area (Å²) in [5.74, 6) is 0. The van der Waals surface area contributed by atoms with Gasteiger partial charge in [0.05, 0.1) is 5.71 Å². The number of hydrogen-bond acceptors (Lipinski definition) is 3. The molecule has 26 heavy (non-hydrogen) atoms. The van der Waals surface area contributed by atoms with Gasteiger partial charge >= 0.3 is 6.03 Å². The number of piperidine rings is 1. The average Bonchev–Trinajstić information content (AvgIpc) is 3.08. The van der Waals surface area contributed by atoms with E-state index in [1.165, 1.54) is 0 Å². The van der Waals surface area contributed by atoms with Gasteiger partial charge in [0, 0.05) is 41.6 Å². The van der Waals surface area contributed by atoms with Crippen LogP contribution in [0.25, 0.3) is 0 Å². The van der Waals surface area contributed by atoms with Crippen molar-refractivity contribution >= 4 is 40.0 Å². The molecule has 2 aromatic rings. The molecule has 2 amide bonds. The third-order valence-electron chi connectivity index (χ3n) is 5.00. The summed E-state index contributed by atoms with van der Waals surface area (Å²) in [6, 6.07) is 17.9. The molecule has 134 valence electrons. The number of amides is 2. The molecule has 5 nitrogen and oxygen atoms in total. The van der Waals surface area contributed by atoms with E-state index in [4.69, 9.17) is 4.84 Å². The first kappa shape index (κ1) is 17.3. The van der Waals surface area contributed by atoms with Gasteiger partial charge in [0.2, 0.25) is 0 Å². The lowest BCUT2D eigenvalue weighted by molar-refractivity contribution is -0.0544. The second kappa shape index (κ2) is 7.26. The average molecular weight is 461 g/mol. The highest BCUT2D eigenvalue weighted by Crippen LogP contribution is 2.36. The number of nitrogens with zero attached hydrogens (tertiary/aromatic N) is 2. The Bertz CT molecular complexity index is 813. The molecule has 0 saturated carbocycles. The fourth-order valence-electron chi connectivity index (χ4n) is 3.43. The number of rotatable bonds is 2. The normalized spacial score (nSPS) is 18.3. The maximum Gasteiger partial charge on any atom is 0.321 e. The van der Waals surface area contributed by atoms with E-state index in [1.807, 2.05) is 47.4 Å². The van der Waals surface area contributed by atoms with E-state index in [0.717, 1.165) is 39.8 Å². The van der Waals surface area contributed by atoms with Gasteiger partial charge in [0.15, 0.2) is 0 Å². The molecular formula is C20H20IN3O2. The van der Waals surface area contributed by atoms with E-state index < -0.39 is 0 Å². The van der Waals surface area contributed by atoms with Crippen molar-refractivity contribution in [2.75, 3.05) is 18.4 Å². The zero-order valence-electron chi connectivity index (χ0n) is 14.3. The van der Waals surface area contributed by atoms with Crippen LogP contribution in [0.1, 0.15) is 24.8 Å². The van der Waals surface area contributed by atoms with Gasteiger partial charge in [-0.25, -0.2) is 4.79 Å². The van der Waals surface area contributed by atoms with Crippen LogP contribution in [0.2, 0.25) is 0 Å². The molecule has 0 radical (unpaired) electrons. The van der Waals surface area contributed by atoms with E-state index in [1.54, 1.807) is 0 Å². The van der Waals surface area contributed by atoms with Crippen molar-refractivity contribution in [3.8, 4) is 0 Å². The molecule has 1 saturated heterocycles. The molecule has 6 heteroatoms. The zero-order valence-corrected chi connectivity index (χ0v) is 16.5. The van der Waals surface area contributed by atoms with Crippen molar-refractivity contribution in [1.29, 1.82) is 0 Å². The van der Waals surface area contributed by atoms with Gasteiger partial charge in [0.1, 0.15) is 5.60 Å². The van der Waals surface area contributed by atoms with E-state index >= 15 is 0 Å². The number of likely N-dealkylation sites (tertiary alicyclic amines) is 1. The van der Waals surface area contributed by atoms with Crippen LogP contribution in [0, 0.1) is 3.57 Å². The third-order valence-corrected chi connectivity index (χ3v) is 5.72. The molecule has 0 unspecified atom stereocenters. The molecule has 1 fully saturated rings. The Labute approximate surface area is 166 Å². The highest BCUT2D eigenvalue weighted by atomic mass is 127. The van der Waals surface area contributed by atoms with Gasteiger partial charge in [-0.2, -0.15) is 0 Å². The molecule has 4 rings (SSSR count). The molecular weight excluding hydrogens is 441 g/mol. The minimum Gasteiger partial charge on any atom is -0.388 e. The van der Waals surface area contributed by atoms with Crippen molar-refractivity contribution in [2.24, 2.45) is 5.16 Å². The standard InChI is InChI=1S/C20H20IN3O2/c21-16-6-8-17(9-7-16)22-19(25)24-12-10-20(11-13-24)14-18(23-26-20)15-4-2-1-3-5-15/h1-9H,10-14H2,(H,22,25). The Morgan fingerprint density at radius 3 is 2.46 bits per heavy atom. The van der Waals surface area contributed by atoms with Crippen molar-refractivity contribution in [3.63, 3.8) is 0 Å². The molecule has 2 aliphatic rings. The lowest BCUT2D eigenvalue weighted by Gasteiger charge is -2.37. The first-order chi connectivity index (χ1) is 12.6. The summed E-state index contributed by atoms with van der Waals surface area (Å²) >= 11 is 2.25. The predicted molar refractivity (Wildman–Crippen MR) is 110 cm³/mol. The summed E-state index contributed by atoms with van der Waals surface area (Å²) in [7, 11) is 0. The molecule has 0 bridgehead atoms. The first-order valence-electron chi connectivity index (χ1n) is 8.76. The van der Waals surface area contributed by atoms with E-state index in [0.29, 0.717) is 13.1 Å². The summed E-state index contributed by atoms with van der Waals surface area (Å²) in [4.78, 5) is 20.2. The Morgan fingerprint density at radius 1 is 1.08 bits per heavy atom. The fourth-order valence-corrected chi connectivity index (χ4v) is 3.79. The monoisotopic (exact) mass is 461 g/mol. The van der Waals surface area contributed by atoms with Gasteiger partial charge in [-0.1, -0.05) is 35.5 Å². The molecule has 2 heterocycles. The van der Waals surface area contributed by atoms with Crippen LogP contribution in [-0.2, 0) is 4.84 Å². The minimum absolute atomic E-state index is 0.0525. The lowest BCUT2D eigenvalue weighted by atomic mass is 9.85. The number of benzene rings is 2.